The van der Waals surface area contributed by atoms with Gasteiger partial charge in [0.25, 0.3) is 0 Å². The molecule has 0 aliphatic carbocycles. The highest BCUT2D eigenvalue weighted by Gasteiger charge is 2.25. The summed E-state index contributed by atoms with van der Waals surface area (Å²) in [6, 6.07) is 16.5. The highest BCUT2D eigenvalue weighted by molar-refractivity contribution is 7.90. The number of anilines is 1. The van der Waals surface area contributed by atoms with Crippen LogP contribution in [0.1, 0.15) is 11.3 Å². The summed E-state index contributed by atoms with van der Waals surface area (Å²) in [5.74, 6) is 0.612. The van der Waals surface area contributed by atoms with E-state index in [0.717, 1.165) is 11.4 Å². The molecule has 0 atom stereocenters. The zero-order valence-corrected chi connectivity index (χ0v) is 21.5. The number of methoxy groups -OCH3 is 2. The van der Waals surface area contributed by atoms with Crippen molar-refractivity contribution in [1.82, 2.24) is 14.5 Å². The number of imidazole rings is 1. The molecule has 186 valence electrons. The smallest absolute Gasteiger partial charge is 0.228 e. The lowest BCUT2D eigenvalue weighted by atomic mass is 10.2. The van der Waals surface area contributed by atoms with Crippen molar-refractivity contribution in [2.24, 2.45) is 0 Å². The Morgan fingerprint density at radius 2 is 1.89 bits per heavy atom. The minimum Gasteiger partial charge on any atom is -0.497 e. The zero-order chi connectivity index (χ0) is 25.3. The maximum Gasteiger partial charge on any atom is 0.228 e. The first-order valence-corrected chi connectivity index (χ1v) is 13.0. The molecule has 8 nitrogen and oxygen atoms in total. The molecule has 0 saturated carbocycles. The third-order valence-corrected chi connectivity index (χ3v) is 7.18. The van der Waals surface area contributed by atoms with Crippen molar-refractivity contribution in [1.29, 1.82) is 0 Å². The number of nitrogens with one attached hydrogen (secondary N) is 1. The Kier molecular flexibility index (Phi) is 9.41. The first-order valence-electron chi connectivity index (χ1n) is 11.0. The molecule has 3 aromatic rings. The van der Waals surface area contributed by atoms with E-state index in [-0.39, 0.29) is 10.9 Å². The van der Waals surface area contributed by atoms with Crippen LogP contribution in [0.4, 0.5) is 5.69 Å². The van der Waals surface area contributed by atoms with Gasteiger partial charge in [0.05, 0.1) is 37.9 Å². The van der Waals surface area contributed by atoms with Crippen molar-refractivity contribution in [3.63, 3.8) is 0 Å². The van der Waals surface area contributed by atoms with Crippen LogP contribution in [0.5, 0.6) is 5.75 Å². The van der Waals surface area contributed by atoms with E-state index in [1.54, 1.807) is 43.2 Å². The second kappa shape index (κ2) is 12.5. The van der Waals surface area contributed by atoms with Crippen LogP contribution in [-0.2, 0) is 33.4 Å². The minimum absolute atomic E-state index is 0.0148. The maximum absolute atomic E-state index is 13.2. The summed E-state index contributed by atoms with van der Waals surface area (Å²) in [5, 5.41) is 3.70. The number of hydrogen-bond donors (Lipinski definition) is 1. The van der Waals surface area contributed by atoms with Crippen molar-refractivity contribution in [3.8, 4) is 5.75 Å². The van der Waals surface area contributed by atoms with Crippen molar-refractivity contribution >= 4 is 32.9 Å². The molecule has 1 N–H and O–H groups in total. The third kappa shape index (κ3) is 7.14. The van der Waals surface area contributed by atoms with Gasteiger partial charge in [-0.1, -0.05) is 36.4 Å². The van der Waals surface area contributed by atoms with Crippen molar-refractivity contribution in [3.05, 3.63) is 84.7 Å². The molecular formula is C25H30N4O4S2. The van der Waals surface area contributed by atoms with E-state index < -0.39 is 9.84 Å². The zero-order valence-electron chi connectivity index (χ0n) is 19.9. The molecule has 0 aliphatic heterocycles. The van der Waals surface area contributed by atoms with Crippen LogP contribution in [0.3, 0.4) is 0 Å². The van der Waals surface area contributed by atoms with E-state index in [1.807, 2.05) is 47.4 Å². The predicted octanol–water partition coefficient (Wildman–Crippen LogP) is 3.90. The van der Waals surface area contributed by atoms with Gasteiger partial charge in [0.15, 0.2) is 5.11 Å². The molecule has 0 spiro atoms. The molecule has 2 aromatic carbocycles. The topological polar surface area (TPSA) is 85.7 Å². The fourth-order valence-corrected chi connectivity index (χ4v) is 5.27. The molecule has 0 unspecified atom stereocenters. The van der Waals surface area contributed by atoms with Gasteiger partial charge in [-0.15, -0.1) is 6.58 Å². The predicted molar refractivity (Wildman–Crippen MR) is 141 cm³/mol. The van der Waals surface area contributed by atoms with Crippen LogP contribution in [0.15, 0.2) is 78.6 Å². The number of rotatable bonds is 12. The number of sulfone groups is 1. The van der Waals surface area contributed by atoms with Crippen LogP contribution >= 0.6 is 12.2 Å². The highest BCUT2D eigenvalue weighted by atomic mass is 32.2. The molecule has 10 heteroatoms. The van der Waals surface area contributed by atoms with Crippen LogP contribution in [0, 0.1) is 0 Å². The second-order valence-corrected chi connectivity index (χ2v) is 10.0. The SMILES string of the molecule is C=CCN(Cc1cnc(S(=O)(=O)Cc2ccccc2)n1CCOC)C(=S)Nc1ccc(OC)cc1. The summed E-state index contributed by atoms with van der Waals surface area (Å²) in [6.07, 6.45) is 3.32. The number of benzene rings is 2. The Morgan fingerprint density at radius 3 is 2.51 bits per heavy atom. The fraction of sp³-hybridized carbons (Fsp3) is 0.280. The number of aromatic nitrogens is 2. The summed E-state index contributed by atoms with van der Waals surface area (Å²) >= 11 is 5.64. The van der Waals surface area contributed by atoms with E-state index in [1.165, 1.54) is 0 Å². The summed E-state index contributed by atoms with van der Waals surface area (Å²) in [6.45, 7) is 5.32. The van der Waals surface area contributed by atoms with E-state index >= 15 is 0 Å². The molecule has 35 heavy (non-hydrogen) atoms. The summed E-state index contributed by atoms with van der Waals surface area (Å²) in [4.78, 5) is 6.19. The molecule has 0 bridgehead atoms. The van der Waals surface area contributed by atoms with Gasteiger partial charge in [-0.05, 0) is 42.0 Å². The number of nitrogens with zero attached hydrogens (tertiary/aromatic N) is 3. The summed E-state index contributed by atoms with van der Waals surface area (Å²) in [7, 11) is -0.493. The lowest BCUT2D eigenvalue weighted by Gasteiger charge is -2.25. The molecule has 0 fully saturated rings. The van der Waals surface area contributed by atoms with Crippen LogP contribution < -0.4 is 10.1 Å². The normalized spacial score (nSPS) is 11.1. The Hall–Kier alpha value is -3.21. The molecule has 1 heterocycles. The average molecular weight is 515 g/mol. The average Bonchev–Trinajstić information content (AvgIpc) is 3.26. The van der Waals surface area contributed by atoms with E-state index in [4.69, 9.17) is 21.7 Å². The minimum atomic E-state index is -3.68. The fourth-order valence-electron chi connectivity index (χ4n) is 3.49. The van der Waals surface area contributed by atoms with Gasteiger partial charge in [-0.3, -0.25) is 0 Å². The van der Waals surface area contributed by atoms with E-state index in [0.29, 0.717) is 42.6 Å². The third-order valence-electron chi connectivity index (χ3n) is 5.23. The lowest BCUT2D eigenvalue weighted by Crippen LogP contribution is -2.35. The first kappa shape index (κ1) is 26.4. The molecule has 0 aliphatic rings. The van der Waals surface area contributed by atoms with E-state index in [2.05, 4.69) is 16.9 Å². The van der Waals surface area contributed by atoms with Crippen LogP contribution in [0.25, 0.3) is 0 Å². The standard InChI is InChI=1S/C25H30N4O4S2/c1-4-14-28(24(34)27-21-10-12-23(33-3)13-11-21)18-22-17-26-25(29(22)15-16-32-2)35(30,31)19-20-8-6-5-7-9-20/h4-13,17H,1,14-16,18-19H2,2-3H3,(H,27,34). The Balaban J connectivity index is 1.84. The molecule has 0 radical (unpaired) electrons. The summed E-state index contributed by atoms with van der Waals surface area (Å²) in [5.41, 5.74) is 2.21. The molecule has 3 rings (SSSR count). The van der Waals surface area contributed by atoms with Crippen molar-refractivity contribution < 1.29 is 17.9 Å². The van der Waals surface area contributed by atoms with Gasteiger partial charge in [0.2, 0.25) is 15.0 Å². The number of thiocarbonyl (C=S) groups is 1. The van der Waals surface area contributed by atoms with Gasteiger partial charge in [-0.25, -0.2) is 13.4 Å². The van der Waals surface area contributed by atoms with Crippen molar-refractivity contribution in [2.45, 2.75) is 24.0 Å². The molecule has 1 aromatic heterocycles. The van der Waals surface area contributed by atoms with Crippen molar-refractivity contribution in [2.75, 3.05) is 32.7 Å². The Labute approximate surface area is 212 Å². The van der Waals surface area contributed by atoms with E-state index in [9.17, 15) is 8.42 Å². The summed E-state index contributed by atoms with van der Waals surface area (Å²) < 4.78 is 38.6. The van der Waals surface area contributed by atoms with Gasteiger partial charge in [0, 0.05) is 25.9 Å². The molecule has 0 saturated heterocycles. The van der Waals surface area contributed by atoms with Gasteiger partial charge in [-0.2, -0.15) is 0 Å². The Morgan fingerprint density at radius 1 is 1.17 bits per heavy atom. The lowest BCUT2D eigenvalue weighted by molar-refractivity contribution is 0.183. The maximum atomic E-state index is 13.2. The van der Waals surface area contributed by atoms with Crippen LogP contribution in [0.2, 0.25) is 0 Å². The highest BCUT2D eigenvalue weighted by Crippen LogP contribution is 2.20. The van der Waals surface area contributed by atoms with Gasteiger partial charge < -0.3 is 24.3 Å². The number of ether oxygens (including phenoxy) is 2. The largest absolute Gasteiger partial charge is 0.497 e. The number of hydrogen-bond acceptors (Lipinski definition) is 6. The first-order chi connectivity index (χ1) is 16.9. The molecule has 0 amide bonds. The second-order valence-electron chi connectivity index (χ2n) is 7.75. The Bertz CT molecular complexity index is 1230. The monoisotopic (exact) mass is 514 g/mol. The van der Waals surface area contributed by atoms with Gasteiger partial charge >= 0.3 is 0 Å². The van der Waals surface area contributed by atoms with Crippen LogP contribution in [-0.4, -0.2) is 55.4 Å². The van der Waals surface area contributed by atoms with Gasteiger partial charge in [0.1, 0.15) is 5.75 Å². The quantitative estimate of drug-likeness (QED) is 0.288. The molecular weight excluding hydrogens is 484 g/mol.